The predicted octanol–water partition coefficient (Wildman–Crippen LogP) is 2.77. The lowest BCUT2D eigenvalue weighted by Crippen LogP contribution is -2.66. The second-order valence-electron chi connectivity index (χ2n) is 8.00. The van der Waals surface area contributed by atoms with Crippen LogP contribution in [-0.2, 0) is 4.79 Å². The Balaban J connectivity index is 1.74. The van der Waals surface area contributed by atoms with Crippen molar-refractivity contribution in [3.8, 4) is 0 Å². The highest BCUT2D eigenvalue weighted by atomic mass is 19.1. The number of carbonyl (C=O) groups is 1. The number of hydrogen-bond acceptors (Lipinski definition) is 5. The lowest BCUT2D eigenvalue weighted by molar-refractivity contribution is -0.138. The summed E-state index contributed by atoms with van der Waals surface area (Å²) in [4.78, 5) is 21.3. The van der Waals surface area contributed by atoms with Crippen LogP contribution >= 0.6 is 0 Å². The molecule has 2 heterocycles. The van der Waals surface area contributed by atoms with E-state index in [-0.39, 0.29) is 37.2 Å². The number of nitrogens with one attached hydrogen (secondary N) is 1. The first kappa shape index (κ1) is 20.3. The molecule has 8 heteroatoms. The zero-order chi connectivity index (χ0) is 21.5. The lowest BCUT2D eigenvalue weighted by atomic mass is 9.96. The van der Waals surface area contributed by atoms with E-state index in [0.717, 1.165) is 5.56 Å². The van der Waals surface area contributed by atoms with E-state index >= 15 is 0 Å². The molecule has 6 nitrogen and oxygen atoms in total. The van der Waals surface area contributed by atoms with Gasteiger partial charge in [0.15, 0.2) is 0 Å². The predicted molar refractivity (Wildman–Crippen MR) is 110 cm³/mol. The van der Waals surface area contributed by atoms with Gasteiger partial charge in [0.05, 0.1) is 12.1 Å². The van der Waals surface area contributed by atoms with Crippen LogP contribution in [0.15, 0.2) is 53.5 Å². The highest BCUT2D eigenvalue weighted by Crippen LogP contribution is 2.38. The van der Waals surface area contributed by atoms with Gasteiger partial charge in [-0.1, -0.05) is 12.1 Å². The lowest BCUT2D eigenvalue weighted by Gasteiger charge is -2.47. The molecule has 1 fully saturated rings. The molecule has 2 aromatic rings. The Morgan fingerprint density at radius 2 is 1.70 bits per heavy atom. The molecule has 0 spiro atoms. The van der Waals surface area contributed by atoms with Crippen LogP contribution in [0.3, 0.4) is 0 Å². The van der Waals surface area contributed by atoms with E-state index in [1.54, 1.807) is 29.2 Å². The normalized spacial score (nSPS) is 22.7. The van der Waals surface area contributed by atoms with E-state index in [1.807, 2.05) is 18.7 Å². The van der Waals surface area contributed by atoms with Crippen LogP contribution in [0.2, 0.25) is 0 Å². The molecule has 1 saturated heterocycles. The first-order chi connectivity index (χ1) is 14.3. The zero-order valence-electron chi connectivity index (χ0n) is 16.8. The second-order valence-corrected chi connectivity index (χ2v) is 8.00. The number of carbonyl (C=O) groups excluding carboxylic acids is 1. The standard InChI is InChI=1S/C22H24F2N4O2/c1-22(2)21-26-19(14-3-5-15(23)6-4-14)20(25-17-9-7-16(24)8-10-17)27(21)13-18(30)28(22)11-12-29/h3-10,19-20,25,29H,11-13H2,1-2H3. The first-order valence-corrected chi connectivity index (χ1v) is 9.85. The van der Waals surface area contributed by atoms with Gasteiger partial charge in [0.1, 0.15) is 36.2 Å². The zero-order valence-corrected chi connectivity index (χ0v) is 16.8. The van der Waals surface area contributed by atoms with Crippen LogP contribution in [0.4, 0.5) is 14.5 Å². The highest BCUT2D eigenvalue weighted by Gasteiger charge is 2.51. The Labute approximate surface area is 173 Å². The monoisotopic (exact) mass is 414 g/mol. The first-order valence-electron chi connectivity index (χ1n) is 9.85. The summed E-state index contributed by atoms with van der Waals surface area (Å²) in [7, 11) is 0. The van der Waals surface area contributed by atoms with E-state index in [0.29, 0.717) is 11.5 Å². The summed E-state index contributed by atoms with van der Waals surface area (Å²) in [6, 6.07) is 11.7. The quantitative estimate of drug-likeness (QED) is 0.790. The number of nitrogens with zero attached hydrogens (tertiary/aromatic N) is 3. The van der Waals surface area contributed by atoms with Gasteiger partial charge in [0.25, 0.3) is 0 Å². The van der Waals surface area contributed by atoms with Gasteiger partial charge >= 0.3 is 0 Å². The molecule has 2 atom stereocenters. The Morgan fingerprint density at radius 1 is 1.10 bits per heavy atom. The van der Waals surface area contributed by atoms with Crippen molar-refractivity contribution in [2.45, 2.75) is 31.6 Å². The van der Waals surface area contributed by atoms with E-state index in [4.69, 9.17) is 4.99 Å². The number of amidine groups is 1. The van der Waals surface area contributed by atoms with Gasteiger partial charge < -0.3 is 20.2 Å². The summed E-state index contributed by atoms with van der Waals surface area (Å²) in [5.74, 6) is -0.0779. The molecule has 0 aliphatic carbocycles. The van der Waals surface area contributed by atoms with Crippen LogP contribution in [-0.4, -0.2) is 58.1 Å². The SMILES string of the molecule is CC1(C)C2=NC(c3ccc(F)cc3)C(Nc3ccc(F)cc3)N2CC(=O)N1CCO. The van der Waals surface area contributed by atoms with Crippen molar-refractivity contribution >= 4 is 17.4 Å². The van der Waals surface area contributed by atoms with Gasteiger partial charge in [-0.3, -0.25) is 9.79 Å². The largest absolute Gasteiger partial charge is 0.395 e. The van der Waals surface area contributed by atoms with Crippen LogP contribution in [0.1, 0.15) is 25.5 Å². The number of fused-ring (bicyclic) bond motifs is 1. The highest BCUT2D eigenvalue weighted by molar-refractivity contribution is 6.02. The minimum Gasteiger partial charge on any atom is -0.395 e. The number of benzene rings is 2. The number of β-amino-alcohol motifs (C(OH)–C–C–N with tert-alkyl or cyclic N) is 1. The summed E-state index contributed by atoms with van der Waals surface area (Å²) in [6.45, 7) is 3.97. The number of amides is 1. The molecule has 158 valence electrons. The molecular weight excluding hydrogens is 390 g/mol. The summed E-state index contributed by atoms with van der Waals surface area (Å²) < 4.78 is 26.8. The second kappa shape index (κ2) is 7.68. The van der Waals surface area contributed by atoms with Crippen molar-refractivity contribution in [2.75, 3.05) is 25.0 Å². The van der Waals surface area contributed by atoms with Crippen molar-refractivity contribution in [3.05, 3.63) is 65.7 Å². The Kier molecular flexibility index (Phi) is 5.19. The number of rotatable bonds is 5. The topological polar surface area (TPSA) is 68.2 Å². The van der Waals surface area contributed by atoms with E-state index in [9.17, 15) is 18.7 Å². The molecule has 0 radical (unpaired) electrons. The van der Waals surface area contributed by atoms with Gasteiger partial charge in [-0.15, -0.1) is 0 Å². The fourth-order valence-corrected chi connectivity index (χ4v) is 4.22. The van der Waals surface area contributed by atoms with Crippen molar-refractivity contribution in [2.24, 2.45) is 4.99 Å². The van der Waals surface area contributed by atoms with Gasteiger partial charge in [-0.05, 0) is 55.8 Å². The molecule has 2 N–H and O–H groups in total. The van der Waals surface area contributed by atoms with E-state index < -0.39 is 17.7 Å². The molecular formula is C22H24F2N4O2. The van der Waals surface area contributed by atoms with Crippen LogP contribution in [0.25, 0.3) is 0 Å². The van der Waals surface area contributed by atoms with Gasteiger partial charge in [0.2, 0.25) is 5.91 Å². The van der Waals surface area contributed by atoms with Crippen LogP contribution in [0.5, 0.6) is 0 Å². The van der Waals surface area contributed by atoms with Crippen LogP contribution in [0, 0.1) is 11.6 Å². The number of aliphatic hydroxyl groups excluding tert-OH is 1. The van der Waals surface area contributed by atoms with E-state index in [2.05, 4.69) is 5.32 Å². The number of piperazine rings is 1. The summed E-state index contributed by atoms with van der Waals surface area (Å²) in [5.41, 5.74) is 0.762. The van der Waals surface area contributed by atoms with Crippen molar-refractivity contribution in [3.63, 3.8) is 0 Å². The third-order valence-electron chi connectivity index (χ3n) is 5.69. The van der Waals surface area contributed by atoms with Gasteiger partial charge in [0, 0.05) is 12.2 Å². The fourth-order valence-electron chi connectivity index (χ4n) is 4.22. The molecule has 1 amide bonds. The smallest absolute Gasteiger partial charge is 0.243 e. The van der Waals surface area contributed by atoms with E-state index in [1.165, 1.54) is 24.3 Å². The molecule has 30 heavy (non-hydrogen) atoms. The number of anilines is 1. The summed E-state index contributed by atoms with van der Waals surface area (Å²) in [5, 5.41) is 12.8. The van der Waals surface area contributed by atoms with Crippen LogP contribution < -0.4 is 5.32 Å². The number of aliphatic imine (C=N–C) groups is 1. The maximum Gasteiger partial charge on any atom is 0.243 e. The Bertz CT molecular complexity index is 960. The third kappa shape index (κ3) is 3.52. The Morgan fingerprint density at radius 3 is 2.30 bits per heavy atom. The van der Waals surface area contributed by atoms with Crippen molar-refractivity contribution < 1.29 is 18.7 Å². The number of hydrogen-bond donors (Lipinski definition) is 2. The number of halogens is 2. The minimum atomic E-state index is -0.727. The maximum atomic E-state index is 13.5. The maximum absolute atomic E-state index is 13.5. The minimum absolute atomic E-state index is 0.0961. The van der Waals surface area contributed by atoms with Gasteiger partial charge in [-0.25, -0.2) is 8.78 Å². The molecule has 2 unspecified atom stereocenters. The summed E-state index contributed by atoms with van der Waals surface area (Å²) in [6.07, 6.45) is -0.407. The molecule has 0 aromatic heterocycles. The summed E-state index contributed by atoms with van der Waals surface area (Å²) >= 11 is 0. The molecule has 2 aliphatic heterocycles. The third-order valence-corrected chi connectivity index (χ3v) is 5.69. The van der Waals surface area contributed by atoms with Gasteiger partial charge in [-0.2, -0.15) is 0 Å². The average Bonchev–Trinajstić information content (AvgIpc) is 3.06. The van der Waals surface area contributed by atoms with Crippen molar-refractivity contribution in [1.82, 2.24) is 9.80 Å². The molecule has 0 bridgehead atoms. The Hall–Kier alpha value is -3.00. The molecule has 2 aromatic carbocycles. The van der Waals surface area contributed by atoms with Crippen molar-refractivity contribution in [1.29, 1.82) is 0 Å². The molecule has 0 saturated carbocycles. The number of aliphatic hydroxyl groups is 1. The molecule has 4 rings (SSSR count). The average molecular weight is 414 g/mol. The molecule has 2 aliphatic rings. The fraction of sp³-hybridized carbons (Fsp3) is 0.364.